The van der Waals surface area contributed by atoms with E-state index < -0.39 is 0 Å². The number of carbonyl (C=O) groups is 1. The first-order valence-corrected chi connectivity index (χ1v) is 8.57. The Hall–Kier alpha value is -1.31. The zero-order valence-electron chi connectivity index (χ0n) is 12.3. The van der Waals surface area contributed by atoms with E-state index in [0.717, 1.165) is 35.0 Å². The van der Waals surface area contributed by atoms with Crippen molar-refractivity contribution in [2.75, 3.05) is 0 Å². The number of carbonyl (C=O) groups excluding carboxylic acids is 1. The average Bonchev–Trinajstić information content (AvgIpc) is 2.46. The second-order valence-corrected chi connectivity index (χ2v) is 7.79. The van der Waals surface area contributed by atoms with Crippen LogP contribution in [-0.2, 0) is 0 Å². The van der Waals surface area contributed by atoms with Crippen molar-refractivity contribution in [2.45, 2.75) is 44.6 Å². The van der Waals surface area contributed by atoms with Crippen LogP contribution >= 0.6 is 0 Å². The van der Waals surface area contributed by atoms with Crippen LogP contribution in [0.3, 0.4) is 0 Å². The van der Waals surface area contributed by atoms with Crippen LogP contribution in [0.4, 0.5) is 0 Å². The molecule has 0 radical (unpaired) electrons. The van der Waals surface area contributed by atoms with Crippen molar-refractivity contribution in [1.29, 1.82) is 0 Å². The molecule has 21 heavy (non-hydrogen) atoms. The molecule has 1 atom stereocenters. The van der Waals surface area contributed by atoms with E-state index in [1.54, 1.807) is 0 Å². The molecule has 1 heterocycles. The smallest absolute Gasteiger partial charge is 0.170 e. The first-order chi connectivity index (χ1) is 10.3. The van der Waals surface area contributed by atoms with Crippen LogP contribution in [0, 0.1) is 29.6 Å². The van der Waals surface area contributed by atoms with Gasteiger partial charge in [-0.3, -0.25) is 4.79 Å². The number of benzene rings is 1. The number of ether oxygens (including phenoxy) is 1. The van der Waals surface area contributed by atoms with E-state index >= 15 is 0 Å². The molecule has 4 aliphatic carbocycles. The fourth-order valence-corrected chi connectivity index (χ4v) is 6.09. The summed E-state index contributed by atoms with van der Waals surface area (Å²) in [5.74, 6) is 5.36. The minimum atomic E-state index is 0.141. The Morgan fingerprint density at radius 1 is 0.905 bits per heavy atom. The van der Waals surface area contributed by atoms with Gasteiger partial charge in [0.15, 0.2) is 5.78 Å². The van der Waals surface area contributed by atoms with Crippen molar-refractivity contribution in [2.24, 2.45) is 29.6 Å². The van der Waals surface area contributed by atoms with Gasteiger partial charge in [0.1, 0.15) is 11.9 Å². The van der Waals surface area contributed by atoms with Crippen LogP contribution < -0.4 is 4.74 Å². The molecule has 1 aliphatic heterocycles. The molecule has 0 spiro atoms. The molecule has 4 saturated carbocycles. The van der Waals surface area contributed by atoms with Crippen molar-refractivity contribution in [3.05, 3.63) is 29.8 Å². The summed E-state index contributed by atoms with van der Waals surface area (Å²) in [6.45, 7) is 0. The Bertz CT molecular complexity index is 563. The lowest BCUT2D eigenvalue weighted by Gasteiger charge is -2.56. The summed E-state index contributed by atoms with van der Waals surface area (Å²) in [6.07, 6.45) is 7.81. The fraction of sp³-hybridized carbons (Fsp3) is 0.632. The van der Waals surface area contributed by atoms with Crippen molar-refractivity contribution in [3.8, 4) is 5.75 Å². The lowest BCUT2D eigenvalue weighted by atomic mass is 9.50. The van der Waals surface area contributed by atoms with E-state index in [2.05, 4.69) is 0 Å². The molecule has 4 fully saturated rings. The van der Waals surface area contributed by atoms with E-state index in [1.165, 1.54) is 32.1 Å². The van der Waals surface area contributed by atoms with E-state index in [1.807, 2.05) is 24.3 Å². The van der Waals surface area contributed by atoms with Gasteiger partial charge in [-0.05, 0) is 67.9 Å². The summed E-state index contributed by atoms with van der Waals surface area (Å²) in [4.78, 5) is 12.5. The van der Waals surface area contributed by atoms with Gasteiger partial charge in [0.2, 0.25) is 0 Å². The molecule has 4 bridgehead atoms. The largest absolute Gasteiger partial charge is 0.489 e. The normalized spacial score (nSPS) is 43.5. The van der Waals surface area contributed by atoms with Gasteiger partial charge >= 0.3 is 0 Å². The van der Waals surface area contributed by atoms with Gasteiger partial charge < -0.3 is 4.74 Å². The van der Waals surface area contributed by atoms with Gasteiger partial charge in [0.25, 0.3) is 0 Å². The number of rotatable bonds is 1. The third-order valence-corrected chi connectivity index (χ3v) is 6.58. The van der Waals surface area contributed by atoms with Gasteiger partial charge in [0.05, 0.1) is 5.56 Å². The maximum atomic E-state index is 12.5. The van der Waals surface area contributed by atoms with E-state index in [9.17, 15) is 4.79 Å². The zero-order chi connectivity index (χ0) is 14.0. The summed E-state index contributed by atoms with van der Waals surface area (Å²) in [5.41, 5.74) is 0.789. The highest BCUT2D eigenvalue weighted by Gasteiger charge is 2.52. The summed E-state index contributed by atoms with van der Waals surface area (Å²) in [6, 6.07) is 7.79. The second-order valence-electron chi connectivity index (χ2n) is 7.79. The van der Waals surface area contributed by atoms with Gasteiger partial charge in [0, 0.05) is 12.3 Å². The van der Waals surface area contributed by atoms with Crippen molar-refractivity contribution >= 4 is 5.78 Å². The molecule has 1 aromatic rings. The van der Waals surface area contributed by atoms with E-state index in [4.69, 9.17) is 4.74 Å². The van der Waals surface area contributed by atoms with Crippen LogP contribution in [0.5, 0.6) is 5.75 Å². The van der Waals surface area contributed by atoms with Crippen LogP contribution in [0.25, 0.3) is 0 Å². The van der Waals surface area contributed by atoms with Gasteiger partial charge in [-0.2, -0.15) is 0 Å². The molecular weight excluding hydrogens is 260 g/mol. The van der Waals surface area contributed by atoms with E-state index in [-0.39, 0.29) is 11.9 Å². The molecule has 0 amide bonds. The molecule has 0 aromatic heterocycles. The van der Waals surface area contributed by atoms with Crippen molar-refractivity contribution in [3.63, 3.8) is 0 Å². The predicted molar refractivity (Wildman–Crippen MR) is 80.3 cm³/mol. The highest BCUT2D eigenvalue weighted by atomic mass is 16.5. The Kier molecular flexibility index (Phi) is 2.54. The number of hydrogen-bond donors (Lipinski definition) is 0. The van der Waals surface area contributed by atoms with Crippen molar-refractivity contribution in [1.82, 2.24) is 0 Å². The Balaban J connectivity index is 1.46. The third kappa shape index (κ3) is 1.81. The summed E-state index contributed by atoms with van der Waals surface area (Å²) >= 11 is 0. The highest BCUT2D eigenvalue weighted by molar-refractivity contribution is 5.99. The van der Waals surface area contributed by atoms with Crippen LogP contribution in [0.1, 0.15) is 48.9 Å². The molecular formula is C19H22O2. The van der Waals surface area contributed by atoms with Crippen molar-refractivity contribution < 1.29 is 9.53 Å². The quantitative estimate of drug-likeness (QED) is 0.775. The highest BCUT2D eigenvalue weighted by Crippen LogP contribution is 2.58. The minimum Gasteiger partial charge on any atom is -0.489 e. The monoisotopic (exact) mass is 282 g/mol. The van der Waals surface area contributed by atoms with Gasteiger partial charge in [-0.1, -0.05) is 12.1 Å². The molecule has 2 heteroatoms. The first kappa shape index (κ1) is 12.3. The molecule has 1 aromatic carbocycles. The maximum Gasteiger partial charge on any atom is 0.170 e. The van der Waals surface area contributed by atoms with Crippen LogP contribution in [-0.4, -0.2) is 11.9 Å². The fourth-order valence-electron chi connectivity index (χ4n) is 6.09. The lowest BCUT2D eigenvalue weighted by Crippen LogP contribution is -2.51. The topological polar surface area (TPSA) is 26.3 Å². The molecule has 1 unspecified atom stereocenters. The maximum absolute atomic E-state index is 12.5. The standard InChI is InChI=1S/C19H22O2/c20-16-10-18(21-17-4-2-1-3-15(16)17)19-13-6-11-5-12(8-13)9-14(19)7-11/h1-4,11-14,18-19H,5-10H2. The predicted octanol–water partition coefficient (Wildman–Crippen LogP) is 4.09. The number of hydrogen-bond acceptors (Lipinski definition) is 2. The number of para-hydroxylation sites is 1. The molecule has 2 nitrogen and oxygen atoms in total. The number of ketones is 1. The Labute approximate surface area is 125 Å². The average molecular weight is 282 g/mol. The zero-order valence-corrected chi connectivity index (χ0v) is 12.3. The first-order valence-electron chi connectivity index (χ1n) is 8.57. The molecule has 5 aliphatic rings. The number of fused-ring (bicyclic) bond motifs is 1. The summed E-state index contributed by atoms with van der Waals surface area (Å²) in [5, 5.41) is 0. The van der Waals surface area contributed by atoms with E-state index in [0.29, 0.717) is 12.3 Å². The molecule has 0 N–H and O–H groups in total. The van der Waals surface area contributed by atoms with Crippen LogP contribution in [0.15, 0.2) is 24.3 Å². The Morgan fingerprint density at radius 3 is 2.29 bits per heavy atom. The van der Waals surface area contributed by atoms with Gasteiger partial charge in [-0.15, -0.1) is 0 Å². The summed E-state index contributed by atoms with van der Waals surface area (Å²) in [7, 11) is 0. The number of Topliss-reactive ketones (excluding diaryl/α,β-unsaturated/α-hetero) is 1. The molecule has 0 saturated heterocycles. The molecule has 110 valence electrons. The summed E-state index contributed by atoms with van der Waals surface area (Å²) < 4.78 is 6.31. The SMILES string of the molecule is O=C1CC(C2C3CC4CC(C3)CC2C4)Oc2ccccc21. The van der Waals surface area contributed by atoms with Gasteiger partial charge in [-0.25, -0.2) is 0 Å². The molecule has 6 rings (SSSR count). The second kappa shape index (κ2) is 4.34. The Morgan fingerprint density at radius 2 is 1.57 bits per heavy atom. The third-order valence-electron chi connectivity index (χ3n) is 6.58. The van der Waals surface area contributed by atoms with Crippen LogP contribution in [0.2, 0.25) is 0 Å². The minimum absolute atomic E-state index is 0.141. The lowest BCUT2D eigenvalue weighted by molar-refractivity contribution is -0.0830.